The molecule has 0 amide bonds. The summed E-state index contributed by atoms with van der Waals surface area (Å²) in [4.78, 5) is 6.49. The Morgan fingerprint density at radius 3 is 2.17 bits per heavy atom. The topological polar surface area (TPSA) is 39.7 Å². The molecule has 0 radical (unpaired) electrons. The Morgan fingerprint density at radius 2 is 1.65 bits per heavy atom. The maximum absolute atomic E-state index is 4.31. The molecular weight excluding hydrogens is 284 g/mol. The molecule has 130 valence electrons. The van der Waals surface area contributed by atoms with E-state index in [1.54, 1.807) is 0 Å². The summed E-state index contributed by atoms with van der Waals surface area (Å²) in [6.07, 6.45) is 2.40. The number of rotatable bonds is 8. The average Bonchev–Trinajstić information content (AvgIpc) is 2.50. The highest BCUT2D eigenvalue weighted by Gasteiger charge is 2.06. The Morgan fingerprint density at radius 1 is 1.04 bits per heavy atom. The van der Waals surface area contributed by atoms with Crippen molar-refractivity contribution in [2.75, 3.05) is 21.1 Å². The van der Waals surface area contributed by atoms with E-state index in [0.717, 1.165) is 31.4 Å². The average molecular weight is 319 g/mol. The molecule has 0 bridgehead atoms. The van der Waals surface area contributed by atoms with Crippen LogP contribution in [0.5, 0.6) is 0 Å². The number of hydrogen-bond acceptors (Lipinski definition) is 2. The maximum atomic E-state index is 4.31. The molecule has 0 spiro atoms. The van der Waals surface area contributed by atoms with Gasteiger partial charge in [-0.25, -0.2) is 0 Å². The zero-order valence-electron chi connectivity index (χ0n) is 15.7. The minimum Gasteiger partial charge on any atom is -0.354 e. The van der Waals surface area contributed by atoms with Gasteiger partial charge in [0, 0.05) is 26.2 Å². The smallest absolute Gasteiger partial charge is 0.191 e. The fourth-order valence-electron chi connectivity index (χ4n) is 2.40. The Kier molecular flexibility index (Phi) is 8.70. The van der Waals surface area contributed by atoms with Crippen molar-refractivity contribution in [3.8, 4) is 0 Å². The normalized spacial score (nSPS) is 13.5. The fraction of sp³-hybridized carbons (Fsp3) is 0.632. The third kappa shape index (κ3) is 8.60. The van der Waals surface area contributed by atoms with Crippen LogP contribution in [0.15, 0.2) is 29.3 Å². The van der Waals surface area contributed by atoms with Gasteiger partial charge in [-0.1, -0.05) is 38.1 Å². The van der Waals surface area contributed by atoms with Crippen molar-refractivity contribution in [3.63, 3.8) is 0 Å². The van der Waals surface area contributed by atoms with E-state index in [1.165, 1.54) is 17.5 Å². The van der Waals surface area contributed by atoms with Gasteiger partial charge >= 0.3 is 0 Å². The number of nitrogens with zero attached hydrogens (tertiary/aromatic N) is 2. The summed E-state index contributed by atoms with van der Waals surface area (Å²) in [5, 5.41) is 6.85. The summed E-state index contributed by atoms with van der Waals surface area (Å²) in [5.74, 6) is 1.62. The molecule has 0 aromatic heterocycles. The lowest BCUT2D eigenvalue weighted by Crippen LogP contribution is -2.41. The van der Waals surface area contributed by atoms with Gasteiger partial charge in [0.1, 0.15) is 0 Å². The van der Waals surface area contributed by atoms with Crippen LogP contribution in [0, 0.1) is 5.92 Å². The van der Waals surface area contributed by atoms with Crippen LogP contribution < -0.4 is 10.6 Å². The maximum Gasteiger partial charge on any atom is 0.191 e. The van der Waals surface area contributed by atoms with Crippen LogP contribution in [-0.2, 0) is 13.1 Å². The van der Waals surface area contributed by atoms with Crippen LogP contribution in [0.2, 0.25) is 0 Å². The van der Waals surface area contributed by atoms with Gasteiger partial charge in [0.15, 0.2) is 5.96 Å². The standard InChI is InChI=1S/C19H34N4/c1-15(2)7-8-16(3)22-19(20-4)21-13-17-9-11-18(12-10-17)14-23(5)6/h9-12,15-16H,7-8,13-14H2,1-6H3,(H2,20,21,22). The van der Waals surface area contributed by atoms with Gasteiger partial charge in [-0.15, -0.1) is 0 Å². The van der Waals surface area contributed by atoms with Crippen LogP contribution in [-0.4, -0.2) is 38.0 Å². The molecule has 4 heteroatoms. The molecule has 0 aliphatic heterocycles. The van der Waals surface area contributed by atoms with Crippen molar-refractivity contribution >= 4 is 5.96 Å². The summed E-state index contributed by atoms with van der Waals surface area (Å²) in [5.41, 5.74) is 2.61. The summed E-state index contributed by atoms with van der Waals surface area (Å²) in [6, 6.07) is 9.19. The van der Waals surface area contributed by atoms with E-state index < -0.39 is 0 Å². The lowest BCUT2D eigenvalue weighted by atomic mass is 10.0. The van der Waals surface area contributed by atoms with Crippen LogP contribution in [0.25, 0.3) is 0 Å². The molecule has 0 fully saturated rings. The van der Waals surface area contributed by atoms with E-state index in [9.17, 15) is 0 Å². The van der Waals surface area contributed by atoms with Crippen molar-refractivity contribution in [3.05, 3.63) is 35.4 Å². The first-order valence-electron chi connectivity index (χ1n) is 8.60. The monoisotopic (exact) mass is 318 g/mol. The van der Waals surface area contributed by atoms with Crippen molar-refractivity contribution < 1.29 is 0 Å². The van der Waals surface area contributed by atoms with E-state index in [0.29, 0.717) is 6.04 Å². The van der Waals surface area contributed by atoms with E-state index in [1.807, 2.05) is 7.05 Å². The molecule has 0 aliphatic rings. The molecule has 4 nitrogen and oxygen atoms in total. The largest absolute Gasteiger partial charge is 0.354 e. The molecule has 2 N–H and O–H groups in total. The Hall–Kier alpha value is -1.55. The highest BCUT2D eigenvalue weighted by Crippen LogP contribution is 2.07. The van der Waals surface area contributed by atoms with Gasteiger partial charge < -0.3 is 15.5 Å². The first-order valence-corrected chi connectivity index (χ1v) is 8.60. The predicted molar refractivity (Wildman–Crippen MR) is 101 cm³/mol. The predicted octanol–water partition coefficient (Wildman–Crippen LogP) is 3.24. The number of hydrogen-bond donors (Lipinski definition) is 2. The minimum atomic E-state index is 0.436. The number of nitrogens with one attached hydrogen (secondary N) is 2. The molecule has 1 atom stereocenters. The molecule has 1 aromatic carbocycles. The Balaban J connectivity index is 2.42. The second-order valence-electron chi connectivity index (χ2n) is 7.00. The molecule has 0 aliphatic carbocycles. The first-order chi connectivity index (χ1) is 10.9. The van der Waals surface area contributed by atoms with Gasteiger partial charge in [-0.3, -0.25) is 4.99 Å². The van der Waals surface area contributed by atoms with Gasteiger partial charge in [0.25, 0.3) is 0 Å². The van der Waals surface area contributed by atoms with E-state index in [-0.39, 0.29) is 0 Å². The highest BCUT2D eigenvalue weighted by atomic mass is 15.2. The van der Waals surface area contributed by atoms with Gasteiger partial charge in [0.05, 0.1) is 0 Å². The second-order valence-corrected chi connectivity index (χ2v) is 7.00. The molecule has 0 saturated carbocycles. The van der Waals surface area contributed by atoms with Crippen LogP contribution in [0.3, 0.4) is 0 Å². The van der Waals surface area contributed by atoms with Gasteiger partial charge in [0.2, 0.25) is 0 Å². The summed E-state index contributed by atoms with van der Waals surface area (Å²) in [6.45, 7) is 8.51. The van der Waals surface area contributed by atoms with Crippen molar-refractivity contribution in [1.82, 2.24) is 15.5 Å². The molecule has 1 rings (SSSR count). The SMILES string of the molecule is CN=C(NCc1ccc(CN(C)C)cc1)NC(C)CCC(C)C. The van der Waals surface area contributed by atoms with Gasteiger partial charge in [-0.05, 0) is 50.9 Å². The highest BCUT2D eigenvalue weighted by molar-refractivity contribution is 5.79. The lowest BCUT2D eigenvalue weighted by Gasteiger charge is -2.19. The third-order valence-electron chi connectivity index (χ3n) is 3.77. The van der Waals surface area contributed by atoms with Crippen molar-refractivity contribution in [2.24, 2.45) is 10.9 Å². The summed E-state index contributed by atoms with van der Waals surface area (Å²) in [7, 11) is 6.00. The Bertz CT molecular complexity index is 463. The first kappa shape index (κ1) is 19.5. The quantitative estimate of drug-likeness (QED) is 0.571. The van der Waals surface area contributed by atoms with Gasteiger partial charge in [-0.2, -0.15) is 0 Å². The number of aliphatic imine (C=N–C) groups is 1. The molecule has 23 heavy (non-hydrogen) atoms. The van der Waals surface area contributed by atoms with Crippen LogP contribution in [0.4, 0.5) is 0 Å². The molecular formula is C19H34N4. The van der Waals surface area contributed by atoms with Crippen LogP contribution >= 0.6 is 0 Å². The van der Waals surface area contributed by atoms with E-state index in [4.69, 9.17) is 0 Å². The minimum absolute atomic E-state index is 0.436. The molecule has 1 aromatic rings. The zero-order chi connectivity index (χ0) is 17.2. The number of benzene rings is 1. The molecule has 1 unspecified atom stereocenters. The summed E-state index contributed by atoms with van der Waals surface area (Å²) < 4.78 is 0. The zero-order valence-corrected chi connectivity index (χ0v) is 15.7. The number of guanidine groups is 1. The lowest BCUT2D eigenvalue weighted by molar-refractivity contribution is 0.402. The second kappa shape index (κ2) is 10.3. The third-order valence-corrected chi connectivity index (χ3v) is 3.77. The van der Waals surface area contributed by atoms with Crippen LogP contribution in [0.1, 0.15) is 44.7 Å². The molecule has 0 saturated heterocycles. The van der Waals surface area contributed by atoms with E-state index >= 15 is 0 Å². The Labute approximate surface area is 142 Å². The fourth-order valence-corrected chi connectivity index (χ4v) is 2.40. The van der Waals surface area contributed by atoms with E-state index in [2.05, 4.69) is 79.7 Å². The molecule has 0 heterocycles. The summed E-state index contributed by atoms with van der Waals surface area (Å²) >= 11 is 0. The van der Waals surface area contributed by atoms with Crippen molar-refractivity contribution in [2.45, 2.75) is 52.7 Å². The van der Waals surface area contributed by atoms with Crippen molar-refractivity contribution in [1.29, 1.82) is 0 Å².